The summed E-state index contributed by atoms with van der Waals surface area (Å²) in [6, 6.07) is 0. The number of methoxy groups -OCH3 is 1. The van der Waals surface area contributed by atoms with Gasteiger partial charge in [-0.2, -0.15) is 0 Å². The van der Waals surface area contributed by atoms with Crippen LogP contribution in [0, 0.1) is 0 Å². The van der Waals surface area contributed by atoms with Gasteiger partial charge in [-0.1, -0.05) is 12.7 Å². The highest BCUT2D eigenvalue weighted by atomic mass is 32.2. The molecular formula is C8H10O2S2. The van der Waals surface area contributed by atoms with Gasteiger partial charge in [0.1, 0.15) is 0 Å². The minimum Gasteiger partial charge on any atom is -0.468 e. The Morgan fingerprint density at radius 1 is 1.92 bits per heavy atom. The molecule has 0 radical (unpaired) electrons. The second-order valence-electron chi connectivity index (χ2n) is 2.23. The van der Waals surface area contributed by atoms with E-state index in [1.165, 1.54) is 7.11 Å². The monoisotopic (exact) mass is 202 g/mol. The molecule has 0 aliphatic carbocycles. The number of thioether (sulfide) groups is 2. The zero-order valence-electron chi connectivity index (χ0n) is 6.78. The maximum Gasteiger partial charge on any atom is 0.315 e. The quantitative estimate of drug-likeness (QED) is 0.654. The van der Waals surface area contributed by atoms with Gasteiger partial charge in [-0.3, -0.25) is 4.79 Å². The number of carbonyl (C=O) groups excluding carboxylic acids is 1. The van der Waals surface area contributed by atoms with E-state index in [0.717, 1.165) is 5.57 Å². The molecule has 4 heteroatoms. The molecule has 1 heterocycles. The summed E-state index contributed by atoms with van der Waals surface area (Å²) in [6.45, 7) is 3.86. The summed E-state index contributed by atoms with van der Waals surface area (Å²) in [5.74, 6) is 0.217. The molecular weight excluding hydrogens is 192 g/mol. The van der Waals surface area contributed by atoms with Gasteiger partial charge in [0.05, 0.1) is 17.4 Å². The first kappa shape index (κ1) is 9.74. The number of allylic oxidation sites excluding steroid dienone is 1. The second kappa shape index (κ2) is 4.62. The largest absolute Gasteiger partial charge is 0.468 e. The number of hydrogen-bond donors (Lipinski definition) is 0. The summed E-state index contributed by atoms with van der Waals surface area (Å²) in [7, 11) is 1.40. The van der Waals surface area contributed by atoms with E-state index in [1.54, 1.807) is 23.5 Å². The van der Waals surface area contributed by atoms with E-state index in [2.05, 4.69) is 11.3 Å². The van der Waals surface area contributed by atoms with Crippen LogP contribution in [0.25, 0.3) is 0 Å². The average Bonchev–Trinajstić information content (AvgIpc) is 2.47. The first-order valence-electron chi connectivity index (χ1n) is 3.43. The number of ether oxygens (including phenoxy) is 1. The topological polar surface area (TPSA) is 26.3 Å². The Morgan fingerprint density at radius 2 is 2.67 bits per heavy atom. The van der Waals surface area contributed by atoms with Crippen molar-refractivity contribution in [1.82, 2.24) is 0 Å². The van der Waals surface area contributed by atoms with Crippen LogP contribution in [0.2, 0.25) is 0 Å². The highest BCUT2D eigenvalue weighted by molar-refractivity contribution is 8.19. The van der Waals surface area contributed by atoms with Gasteiger partial charge in [0.25, 0.3) is 0 Å². The Bertz CT molecular complexity index is 223. The standard InChI is InChI=1S/C8H10O2S2/c1-6-3-4-11-8(6)12-5-7(9)10-2/h3-4,8H,1,5H2,2H3. The van der Waals surface area contributed by atoms with Gasteiger partial charge >= 0.3 is 5.97 Å². The first-order valence-corrected chi connectivity index (χ1v) is 5.42. The maximum absolute atomic E-state index is 10.8. The first-order chi connectivity index (χ1) is 5.74. The maximum atomic E-state index is 10.8. The predicted molar refractivity (Wildman–Crippen MR) is 54.1 cm³/mol. The molecule has 12 heavy (non-hydrogen) atoms. The van der Waals surface area contributed by atoms with E-state index < -0.39 is 0 Å². The number of esters is 1. The molecule has 0 aromatic rings. The van der Waals surface area contributed by atoms with Gasteiger partial charge in [-0.25, -0.2) is 0 Å². The van der Waals surface area contributed by atoms with E-state index in [1.807, 2.05) is 11.5 Å². The fourth-order valence-electron chi connectivity index (χ4n) is 0.713. The minimum atomic E-state index is -0.180. The fraction of sp³-hybridized carbons (Fsp3) is 0.375. The third-order valence-corrected chi connectivity index (χ3v) is 3.96. The van der Waals surface area contributed by atoms with Crippen LogP contribution < -0.4 is 0 Å². The van der Waals surface area contributed by atoms with Crippen molar-refractivity contribution < 1.29 is 9.53 Å². The summed E-state index contributed by atoms with van der Waals surface area (Å²) in [5, 5.41) is 2.00. The molecule has 1 rings (SSSR count). The van der Waals surface area contributed by atoms with Crippen LogP contribution in [-0.4, -0.2) is 23.4 Å². The van der Waals surface area contributed by atoms with Gasteiger partial charge < -0.3 is 4.74 Å². The van der Waals surface area contributed by atoms with E-state index >= 15 is 0 Å². The highest BCUT2D eigenvalue weighted by Crippen LogP contribution is 2.36. The summed E-state index contributed by atoms with van der Waals surface area (Å²) in [5.41, 5.74) is 1.06. The lowest BCUT2D eigenvalue weighted by atomic mass is 10.4. The highest BCUT2D eigenvalue weighted by Gasteiger charge is 2.16. The lowest BCUT2D eigenvalue weighted by Crippen LogP contribution is -2.06. The molecule has 0 saturated heterocycles. The van der Waals surface area contributed by atoms with Crippen LogP contribution in [0.4, 0.5) is 0 Å². The fourth-order valence-corrected chi connectivity index (χ4v) is 2.77. The SMILES string of the molecule is C=C1C=CSC1SCC(=O)OC. The molecule has 0 N–H and O–H groups in total. The number of hydrogen-bond acceptors (Lipinski definition) is 4. The van der Waals surface area contributed by atoms with Crippen LogP contribution >= 0.6 is 23.5 Å². The zero-order chi connectivity index (χ0) is 8.97. The molecule has 1 aliphatic heterocycles. The molecule has 2 nitrogen and oxygen atoms in total. The third-order valence-electron chi connectivity index (χ3n) is 1.37. The molecule has 0 aromatic heterocycles. The molecule has 0 saturated carbocycles. The van der Waals surface area contributed by atoms with Crippen LogP contribution in [0.15, 0.2) is 23.6 Å². The van der Waals surface area contributed by atoms with Crippen molar-refractivity contribution in [2.75, 3.05) is 12.9 Å². The molecule has 1 atom stereocenters. The van der Waals surface area contributed by atoms with Gasteiger partial charge in [0, 0.05) is 0 Å². The van der Waals surface area contributed by atoms with Crippen molar-refractivity contribution in [3.05, 3.63) is 23.6 Å². The molecule has 0 spiro atoms. The lowest BCUT2D eigenvalue weighted by Gasteiger charge is -2.07. The summed E-state index contributed by atoms with van der Waals surface area (Å²) in [6.07, 6.45) is 1.97. The van der Waals surface area contributed by atoms with Crippen molar-refractivity contribution in [2.24, 2.45) is 0 Å². The van der Waals surface area contributed by atoms with E-state index in [9.17, 15) is 4.79 Å². The molecule has 0 bridgehead atoms. The van der Waals surface area contributed by atoms with Gasteiger partial charge in [0.15, 0.2) is 0 Å². The van der Waals surface area contributed by atoms with Gasteiger partial charge in [-0.05, 0) is 11.0 Å². The smallest absolute Gasteiger partial charge is 0.315 e. The summed E-state index contributed by atoms with van der Waals surface area (Å²) in [4.78, 5) is 10.8. The van der Waals surface area contributed by atoms with Crippen molar-refractivity contribution >= 4 is 29.5 Å². The lowest BCUT2D eigenvalue weighted by molar-refractivity contribution is -0.137. The zero-order valence-corrected chi connectivity index (χ0v) is 8.41. The summed E-state index contributed by atoms with van der Waals surface area (Å²) >= 11 is 3.23. The van der Waals surface area contributed by atoms with Gasteiger partial charge in [0.2, 0.25) is 0 Å². The molecule has 0 fully saturated rings. The molecule has 66 valence electrons. The number of rotatable bonds is 3. The Labute approximate surface area is 80.4 Å². The minimum absolute atomic E-state index is 0.180. The Kier molecular flexibility index (Phi) is 3.75. The van der Waals surface area contributed by atoms with E-state index in [4.69, 9.17) is 0 Å². The average molecular weight is 202 g/mol. The van der Waals surface area contributed by atoms with Crippen molar-refractivity contribution in [2.45, 2.75) is 4.58 Å². The van der Waals surface area contributed by atoms with Crippen LogP contribution in [-0.2, 0) is 9.53 Å². The summed E-state index contributed by atoms with van der Waals surface area (Å²) < 4.78 is 4.82. The Hall–Kier alpha value is -0.350. The van der Waals surface area contributed by atoms with E-state index in [-0.39, 0.29) is 5.97 Å². The Morgan fingerprint density at radius 3 is 3.17 bits per heavy atom. The van der Waals surface area contributed by atoms with Crippen molar-refractivity contribution in [3.8, 4) is 0 Å². The van der Waals surface area contributed by atoms with Crippen molar-refractivity contribution in [3.63, 3.8) is 0 Å². The van der Waals surface area contributed by atoms with Crippen molar-refractivity contribution in [1.29, 1.82) is 0 Å². The predicted octanol–water partition coefficient (Wildman–Crippen LogP) is 2.04. The molecule has 0 aromatic carbocycles. The third kappa shape index (κ3) is 2.60. The normalized spacial score (nSPS) is 21.4. The Balaban J connectivity index is 2.24. The van der Waals surface area contributed by atoms with Gasteiger partial charge in [-0.15, -0.1) is 23.5 Å². The van der Waals surface area contributed by atoms with Crippen LogP contribution in [0.1, 0.15) is 0 Å². The van der Waals surface area contributed by atoms with Crippen LogP contribution in [0.5, 0.6) is 0 Å². The molecule has 0 amide bonds. The molecule has 1 unspecified atom stereocenters. The van der Waals surface area contributed by atoms with Crippen LogP contribution in [0.3, 0.4) is 0 Å². The van der Waals surface area contributed by atoms with E-state index in [0.29, 0.717) is 10.3 Å². The number of carbonyl (C=O) groups is 1. The second-order valence-corrected chi connectivity index (χ2v) is 4.64. The molecule has 1 aliphatic rings.